The van der Waals surface area contributed by atoms with Gasteiger partial charge < -0.3 is 15.4 Å². The number of aliphatic imine (C=N–C) groups is 1. The minimum atomic E-state index is -3.17. The number of sulfonamides is 1. The molecule has 0 spiro atoms. The molecule has 3 heterocycles. The molecule has 3 atom stereocenters. The third-order valence-electron chi connectivity index (χ3n) is 4.67. The van der Waals surface area contributed by atoms with Gasteiger partial charge in [0.25, 0.3) is 0 Å². The maximum Gasteiger partial charge on any atom is 0.215 e. The molecule has 0 aromatic carbocycles. The number of rotatable bonds is 5. The van der Waals surface area contributed by atoms with Gasteiger partial charge in [-0.3, -0.25) is 4.99 Å². The highest BCUT2D eigenvalue weighted by Crippen LogP contribution is 2.34. The van der Waals surface area contributed by atoms with Gasteiger partial charge in [0.2, 0.25) is 10.0 Å². The average molecular weight is 490 g/mol. The Labute approximate surface area is 165 Å². The van der Waals surface area contributed by atoms with E-state index in [2.05, 4.69) is 15.6 Å². The first-order valence-corrected chi connectivity index (χ1v) is 11.0. The van der Waals surface area contributed by atoms with Gasteiger partial charge in [-0.25, -0.2) is 12.7 Å². The van der Waals surface area contributed by atoms with E-state index in [4.69, 9.17) is 4.74 Å². The zero-order valence-corrected chi connectivity index (χ0v) is 17.9. The van der Waals surface area contributed by atoms with E-state index in [1.54, 1.807) is 11.4 Å². The molecule has 0 saturated carbocycles. The van der Waals surface area contributed by atoms with E-state index in [0.29, 0.717) is 31.7 Å². The molecular weight excluding hydrogens is 463 g/mol. The third kappa shape index (κ3) is 5.12. The van der Waals surface area contributed by atoms with E-state index < -0.39 is 10.0 Å². The number of hydrogen-bond acceptors (Lipinski definition) is 5. The van der Waals surface area contributed by atoms with Gasteiger partial charge in [-0.05, 0) is 19.3 Å². The van der Waals surface area contributed by atoms with E-state index in [-0.39, 0.29) is 41.9 Å². The molecule has 3 unspecified atom stereocenters. The standard InChI is InChI=1S/C14H26N4O3S2.HI/c1-15-14(17-12-10-11-2-3-13(12)21-11)16-4-9-23(19,20)18-5-7-22-8-6-18;/h11-13H,2-10H2,1H3,(H2,15,16,17);1H. The van der Waals surface area contributed by atoms with Crippen LogP contribution in [0.5, 0.6) is 0 Å². The second-order valence-corrected chi connectivity index (χ2v) is 9.50. The van der Waals surface area contributed by atoms with Crippen molar-refractivity contribution in [1.29, 1.82) is 0 Å². The van der Waals surface area contributed by atoms with Gasteiger partial charge in [0.15, 0.2) is 5.96 Å². The molecule has 0 aromatic rings. The van der Waals surface area contributed by atoms with Crippen LogP contribution in [0, 0.1) is 0 Å². The Kier molecular flexibility index (Phi) is 7.91. The van der Waals surface area contributed by atoms with Gasteiger partial charge in [0.05, 0.1) is 24.0 Å². The summed E-state index contributed by atoms with van der Waals surface area (Å²) in [5.41, 5.74) is 0. The fourth-order valence-corrected chi connectivity index (χ4v) is 5.90. The van der Waals surface area contributed by atoms with Crippen LogP contribution in [0.2, 0.25) is 0 Å². The van der Waals surface area contributed by atoms with Crippen LogP contribution in [-0.2, 0) is 14.8 Å². The summed E-state index contributed by atoms with van der Waals surface area (Å²) in [5, 5.41) is 6.49. The summed E-state index contributed by atoms with van der Waals surface area (Å²) in [4.78, 5) is 4.19. The predicted molar refractivity (Wildman–Crippen MR) is 109 cm³/mol. The Morgan fingerprint density at radius 3 is 2.67 bits per heavy atom. The molecule has 3 aliphatic heterocycles. The highest BCUT2D eigenvalue weighted by molar-refractivity contribution is 14.0. The van der Waals surface area contributed by atoms with E-state index in [0.717, 1.165) is 30.8 Å². The van der Waals surface area contributed by atoms with Gasteiger partial charge in [0.1, 0.15) is 0 Å². The molecule has 3 fully saturated rings. The average Bonchev–Trinajstić information content (AvgIpc) is 3.17. The van der Waals surface area contributed by atoms with Crippen molar-refractivity contribution in [3.8, 4) is 0 Å². The summed E-state index contributed by atoms with van der Waals surface area (Å²) < 4.78 is 32.0. The van der Waals surface area contributed by atoms with E-state index in [1.165, 1.54) is 0 Å². The van der Waals surface area contributed by atoms with Gasteiger partial charge in [-0.1, -0.05) is 0 Å². The lowest BCUT2D eigenvalue weighted by Gasteiger charge is -2.26. The highest BCUT2D eigenvalue weighted by atomic mass is 127. The summed E-state index contributed by atoms with van der Waals surface area (Å²) in [6, 6.07) is 0.288. The van der Waals surface area contributed by atoms with Crippen LogP contribution < -0.4 is 10.6 Å². The zero-order valence-electron chi connectivity index (χ0n) is 13.9. The number of nitrogens with one attached hydrogen (secondary N) is 2. The summed E-state index contributed by atoms with van der Waals surface area (Å²) in [7, 11) is -1.46. The van der Waals surface area contributed by atoms with Crippen LogP contribution in [0.1, 0.15) is 19.3 Å². The Hall–Kier alpha value is 0.220. The lowest BCUT2D eigenvalue weighted by molar-refractivity contribution is 0.0992. The molecule has 0 aromatic heterocycles. The van der Waals surface area contributed by atoms with Crippen LogP contribution in [0.4, 0.5) is 0 Å². The number of nitrogens with zero attached hydrogens (tertiary/aromatic N) is 2. The summed E-state index contributed by atoms with van der Waals surface area (Å²) in [6.45, 7) is 1.62. The number of ether oxygens (including phenoxy) is 1. The highest BCUT2D eigenvalue weighted by Gasteiger charge is 2.41. The molecule has 2 bridgehead atoms. The second kappa shape index (κ2) is 9.24. The molecule has 24 heavy (non-hydrogen) atoms. The topological polar surface area (TPSA) is 83.0 Å². The number of thioether (sulfide) groups is 1. The van der Waals surface area contributed by atoms with Gasteiger partial charge >= 0.3 is 0 Å². The van der Waals surface area contributed by atoms with E-state index in [1.807, 2.05) is 11.8 Å². The number of hydrogen-bond donors (Lipinski definition) is 2. The summed E-state index contributed by atoms with van der Waals surface area (Å²) in [5.74, 6) is 2.54. The van der Waals surface area contributed by atoms with Crippen LogP contribution in [-0.4, -0.2) is 80.9 Å². The molecule has 0 aliphatic carbocycles. The maximum atomic E-state index is 12.3. The van der Waals surface area contributed by atoms with Gasteiger partial charge in [0, 0.05) is 38.2 Å². The lowest BCUT2D eigenvalue weighted by atomic mass is 9.96. The number of guanidine groups is 1. The normalized spacial score (nSPS) is 30.9. The van der Waals surface area contributed by atoms with E-state index >= 15 is 0 Å². The first kappa shape index (κ1) is 20.5. The molecule has 0 amide bonds. The fraction of sp³-hybridized carbons (Fsp3) is 0.929. The van der Waals surface area contributed by atoms with Crippen molar-refractivity contribution in [3.05, 3.63) is 0 Å². The Bertz CT molecular complexity index is 540. The number of fused-ring (bicyclic) bond motifs is 2. The molecule has 3 rings (SSSR count). The van der Waals surface area contributed by atoms with Crippen molar-refractivity contribution < 1.29 is 13.2 Å². The molecule has 0 radical (unpaired) electrons. The second-order valence-electron chi connectivity index (χ2n) is 6.19. The largest absolute Gasteiger partial charge is 0.373 e. The van der Waals surface area contributed by atoms with Crippen LogP contribution in [0.3, 0.4) is 0 Å². The molecule has 10 heteroatoms. The fourth-order valence-electron chi connectivity index (χ4n) is 3.41. The first-order valence-electron chi connectivity index (χ1n) is 8.27. The molecule has 140 valence electrons. The maximum absolute atomic E-state index is 12.3. The Morgan fingerprint density at radius 2 is 2.08 bits per heavy atom. The third-order valence-corrected chi connectivity index (χ3v) is 7.48. The molecule has 2 N–H and O–H groups in total. The predicted octanol–water partition coefficient (Wildman–Crippen LogP) is 0.468. The molecule has 3 saturated heterocycles. The summed E-state index contributed by atoms with van der Waals surface area (Å²) in [6.07, 6.45) is 3.91. The van der Waals surface area contributed by atoms with Crippen LogP contribution in [0.15, 0.2) is 4.99 Å². The Balaban J connectivity index is 0.00000208. The molecular formula is C14H27IN4O3S2. The SMILES string of the molecule is CN=C(NCCS(=O)(=O)N1CCSCC1)NC1CC2CCC1O2.I. The van der Waals surface area contributed by atoms with Crippen LogP contribution in [0.25, 0.3) is 0 Å². The molecule has 3 aliphatic rings. The smallest absolute Gasteiger partial charge is 0.215 e. The van der Waals surface area contributed by atoms with Crippen LogP contribution >= 0.6 is 35.7 Å². The quantitative estimate of drug-likeness (QED) is 0.331. The molecule has 7 nitrogen and oxygen atoms in total. The van der Waals surface area contributed by atoms with Gasteiger partial charge in [-0.15, -0.1) is 24.0 Å². The van der Waals surface area contributed by atoms with Crippen molar-refractivity contribution in [2.45, 2.75) is 37.5 Å². The van der Waals surface area contributed by atoms with Crippen molar-refractivity contribution in [2.75, 3.05) is 43.9 Å². The van der Waals surface area contributed by atoms with E-state index in [9.17, 15) is 8.42 Å². The van der Waals surface area contributed by atoms with Crippen molar-refractivity contribution >= 4 is 51.7 Å². The van der Waals surface area contributed by atoms with Gasteiger partial charge in [-0.2, -0.15) is 11.8 Å². The van der Waals surface area contributed by atoms with Crippen molar-refractivity contribution in [3.63, 3.8) is 0 Å². The minimum Gasteiger partial charge on any atom is -0.373 e. The first-order chi connectivity index (χ1) is 11.1. The Morgan fingerprint density at radius 1 is 1.33 bits per heavy atom. The van der Waals surface area contributed by atoms with Crippen molar-refractivity contribution in [1.82, 2.24) is 14.9 Å². The zero-order chi connectivity index (χ0) is 16.3. The minimum absolute atomic E-state index is 0. The van der Waals surface area contributed by atoms with Crippen molar-refractivity contribution in [2.24, 2.45) is 4.99 Å². The summed E-state index contributed by atoms with van der Waals surface area (Å²) >= 11 is 1.81. The number of halogens is 1. The lowest BCUT2D eigenvalue weighted by Crippen LogP contribution is -2.49. The monoisotopic (exact) mass is 490 g/mol.